The first-order chi connectivity index (χ1) is 9.65. The Bertz CT molecular complexity index is 581. The van der Waals surface area contributed by atoms with Gasteiger partial charge in [0, 0.05) is 5.56 Å². The molecule has 2 aromatic carbocycles. The molecule has 0 fully saturated rings. The van der Waals surface area contributed by atoms with Gasteiger partial charge in [-0.25, -0.2) is 0 Å². The number of benzene rings is 2. The first-order valence-corrected chi connectivity index (χ1v) is 7.00. The van der Waals surface area contributed by atoms with Gasteiger partial charge in [0.05, 0.1) is 19.6 Å². The lowest BCUT2D eigenvalue weighted by Gasteiger charge is -2.16. The van der Waals surface area contributed by atoms with Gasteiger partial charge in [0.15, 0.2) is 0 Å². The maximum absolute atomic E-state index is 6.59. The molecule has 0 aliphatic heterocycles. The monoisotopic (exact) mass is 290 g/mol. The van der Waals surface area contributed by atoms with Crippen molar-refractivity contribution in [3.05, 3.63) is 59.2 Å². The number of halogens is 1. The quantitative estimate of drug-likeness (QED) is 0.753. The fourth-order valence-electron chi connectivity index (χ4n) is 2.27. The number of aryl methyl sites for hydroxylation is 1. The number of hydrogen-bond donors (Lipinski definition) is 0. The fourth-order valence-corrected chi connectivity index (χ4v) is 2.61. The van der Waals surface area contributed by atoms with Gasteiger partial charge in [-0.2, -0.15) is 0 Å². The predicted octanol–water partition coefficient (Wildman–Crippen LogP) is 4.53. The van der Waals surface area contributed by atoms with Crippen molar-refractivity contribution < 1.29 is 9.47 Å². The minimum Gasteiger partial charge on any atom is -0.496 e. The molecule has 1 atom stereocenters. The van der Waals surface area contributed by atoms with E-state index in [2.05, 4.69) is 13.0 Å². The van der Waals surface area contributed by atoms with Crippen LogP contribution in [-0.2, 0) is 6.42 Å². The van der Waals surface area contributed by atoms with Crippen LogP contribution in [0.5, 0.6) is 11.5 Å². The Morgan fingerprint density at radius 3 is 2.40 bits per heavy atom. The lowest BCUT2D eigenvalue weighted by molar-refractivity contribution is 0.405. The van der Waals surface area contributed by atoms with Crippen molar-refractivity contribution in [1.29, 1.82) is 0 Å². The van der Waals surface area contributed by atoms with Crippen molar-refractivity contribution in [1.82, 2.24) is 0 Å². The predicted molar refractivity (Wildman–Crippen MR) is 83.0 cm³/mol. The Morgan fingerprint density at radius 1 is 1.00 bits per heavy atom. The molecule has 2 aromatic rings. The summed E-state index contributed by atoms with van der Waals surface area (Å²) in [5, 5.41) is -0.152. The molecule has 0 aliphatic carbocycles. The minimum atomic E-state index is -0.152. The highest BCUT2D eigenvalue weighted by molar-refractivity contribution is 6.21. The van der Waals surface area contributed by atoms with Crippen LogP contribution in [0, 0.1) is 6.92 Å². The van der Waals surface area contributed by atoms with Crippen LogP contribution in [0.1, 0.15) is 22.1 Å². The summed E-state index contributed by atoms with van der Waals surface area (Å²) in [4.78, 5) is 0. The Labute approximate surface area is 125 Å². The number of hydrogen-bond acceptors (Lipinski definition) is 2. The zero-order valence-corrected chi connectivity index (χ0v) is 12.8. The average molecular weight is 291 g/mol. The molecular weight excluding hydrogens is 272 g/mol. The van der Waals surface area contributed by atoms with E-state index in [1.54, 1.807) is 14.2 Å². The molecule has 0 amide bonds. The van der Waals surface area contributed by atoms with Gasteiger partial charge < -0.3 is 9.47 Å². The van der Waals surface area contributed by atoms with Gasteiger partial charge in [0.1, 0.15) is 11.5 Å². The maximum atomic E-state index is 6.59. The van der Waals surface area contributed by atoms with E-state index < -0.39 is 0 Å². The number of para-hydroxylation sites is 1. The van der Waals surface area contributed by atoms with Gasteiger partial charge in [0.2, 0.25) is 0 Å². The van der Waals surface area contributed by atoms with Gasteiger partial charge in [-0.15, -0.1) is 11.6 Å². The van der Waals surface area contributed by atoms with E-state index in [-0.39, 0.29) is 5.38 Å². The number of rotatable bonds is 5. The molecule has 0 aliphatic rings. The summed E-state index contributed by atoms with van der Waals surface area (Å²) < 4.78 is 10.8. The van der Waals surface area contributed by atoms with E-state index in [9.17, 15) is 0 Å². The van der Waals surface area contributed by atoms with Crippen LogP contribution in [-0.4, -0.2) is 14.2 Å². The molecule has 0 bridgehead atoms. The molecule has 20 heavy (non-hydrogen) atoms. The van der Waals surface area contributed by atoms with Crippen molar-refractivity contribution in [2.75, 3.05) is 14.2 Å². The molecule has 106 valence electrons. The largest absolute Gasteiger partial charge is 0.496 e. The third-order valence-electron chi connectivity index (χ3n) is 3.31. The molecule has 0 saturated carbocycles. The number of methoxy groups -OCH3 is 2. The molecule has 0 radical (unpaired) electrons. The Morgan fingerprint density at radius 2 is 1.70 bits per heavy atom. The van der Waals surface area contributed by atoms with Crippen molar-refractivity contribution in [2.24, 2.45) is 0 Å². The normalized spacial score (nSPS) is 12.0. The lowest BCUT2D eigenvalue weighted by atomic mass is 10.0. The summed E-state index contributed by atoms with van der Waals surface area (Å²) in [6, 6.07) is 14.0. The van der Waals surface area contributed by atoms with Crippen molar-refractivity contribution in [3.8, 4) is 11.5 Å². The molecule has 2 rings (SSSR count). The summed E-state index contributed by atoms with van der Waals surface area (Å²) in [5.74, 6) is 1.69. The molecule has 0 heterocycles. The highest BCUT2D eigenvalue weighted by Gasteiger charge is 2.16. The summed E-state index contributed by atoms with van der Waals surface area (Å²) in [5.41, 5.74) is 3.28. The van der Waals surface area contributed by atoms with Crippen molar-refractivity contribution in [3.63, 3.8) is 0 Å². The third kappa shape index (κ3) is 3.26. The van der Waals surface area contributed by atoms with Crippen molar-refractivity contribution in [2.45, 2.75) is 18.7 Å². The maximum Gasteiger partial charge on any atom is 0.123 e. The number of ether oxygens (including phenoxy) is 2. The first-order valence-electron chi connectivity index (χ1n) is 6.56. The fraction of sp³-hybridized carbons (Fsp3) is 0.294. The van der Waals surface area contributed by atoms with Crippen LogP contribution in [0.2, 0.25) is 0 Å². The smallest absolute Gasteiger partial charge is 0.123 e. The summed E-state index contributed by atoms with van der Waals surface area (Å²) in [6.07, 6.45) is 0.700. The topological polar surface area (TPSA) is 18.5 Å². The van der Waals surface area contributed by atoms with Gasteiger partial charge in [-0.1, -0.05) is 35.9 Å². The average Bonchev–Trinajstić information content (AvgIpc) is 2.47. The molecule has 0 aromatic heterocycles. The lowest BCUT2D eigenvalue weighted by Crippen LogP contribution is -2.01. The highest BCUT2D eigenvalue weighted by atomic mass is 35.5. The van der Waals surface area contributed by atoms with Crippen LogP contribution in [0.4, 0.5) is 0 Å². The Kier molecular flexibility index (Phi) is 4.91. The minimum absolute atomic E-state index is 0.152. The second-order valence-corrected chi connectivity index (χ2v) is 5.26. The molecular formula is C17H19ClO2. The van der Waals surface area contributed by atoms with E-state index in [4.69, 9.17) is 21.1 Å². The summed E-state index contributed by atoms with van der Waals surface area (Å²) >= 11 is 6.59. The summed E-state index contributed by atoms with van der Waals surface area (Å²) in [7, 11) is 3.34. The van der Waals surface area contributed by atoms with Crippen LogP contribution >= 0.6 is 11.6 Å². The molecule has 0 N–H and O–H groups in total. The second kappa shape index (κ2) is 6.67. The molecule has 1 unspecified atom stereocenters. The highest BCUT2D eigenvalue weighted by Crippen LogP contribution is 2.34. The molecule has 3 heteroatoms. The van der Waals surface area contributed by atoms with E-state index >= 15 is 0 Å². The van der Waals surface area contributed by atoms with Crippen LogP contribution in [0.25, 0.3) is 0 Å². The van der Waals surface area contributed by atoms with Gasteiger partial charge in [-0.3, -0.25) is 0 Å². The standard InChI is InChI=1S/C17H19ClO2/c1-12-8-9-17(20-3)14(10-12)15(18)11-13-6-4-5-7-16(13)19-2/h4-10,15H,11H2,1-3H3. The zero-order valence-electron chi connectivity index (χ0n) is 12.0. The second-order valence-electron chi connectivity index (χ2n) is 4.73. The van der Waals surface area contributed by atoms with E-state index in [1.165, 1.54) is 5.56 Å². The van der Waals surface area contributed by atoms with E-state index in [0.29, 0.717) is 6.42 Å². The SMILES string of the molecule is COc1ccccc1CC(Cl)c1cc(C)ccc1OC. The Hall–Kier alpha value is -1.67. The zero-order chi connectivity index (χ0) is 14.5. The van der Waals surface area contributed by atoms with Gasteiger partial charge in [0.25, 0.3) is 0 Å². The molecule has 0 saturated heterocycles. The number of alkyl halides is 1. The van der Waals surface area contributed by atoms with Crippen LogP contribution < -0.4 is 9.47 Å². The van der Waals surface area contributed by atoms with Gasteiger partial charge in [-0.05, 0) is 31.0 Å². The summed E-state index contributed by atoms with van der Waals surface area (Å²) in [6.45, 7) is 2.05. The van der Waals surface area contributed by atoms with Gasteiger partial charge >= 0.3 is 0 Å². The van der Waals surface area contributed by atoms with Crippen molar-refractivity contribution >= 4 is 11.6 Å². The third-order valence-corrected chi connectivity index (χ3v) is 3.70. The Balaban J connectivity index is 2.28. The molecule has 2 nitrogen and oxygen atoms in total. The van der Waals surface area contributed by atoms with E-state index in [0.717, 1.165) is 22.6 Å². The van der Waals surface area contributed by atoms with E-state index in [1.807, 2.05) is 36.4 Å². The molecule has 0 spiro atoms. The van der Waals surface area contributed by atoms with Crippen LogP contribution in [0.3, 0.4) is 0 Å². The first kappa shape index (κ1) is 14.7. The van der Waals surface area contributed by atoms with Crippen LogP contribution in [0.15, 0.2) is 42.5 Å².